The fourth-order valence-corrected chi connectivity index (χ4v) is 4.71. The summed E-state index contributed by atoms with van der Waals surface area (Å²) in [7, 11) is -3.75. The molecule has 0 aromatic heterocycles. The molecule has 176 valence electrons. The second-order valence-corrected chi connectivity index (χ2v) is 9.41. The molecular formula is C23H26N2O7S. The van der Waals surface area contributed by atoms with Gasteiger partial charge in [0, 0.05) is 32.1 Å². The molecule has 0 saturated carbocycles. The van der Waals surface area contributed by atoms with E-state index in [1.54, 1.807) is 24.3 Å². The summed E-state index contributed by atoms with van der Waals surface area (Å²) in [6, 6.07) is 12.4. The van der Waals surface area contributed by atoms with Gasteiger partial charge in [-0.25, -0.2) is 13.2 Å². The van der Waals surface area contributed by atoms with E-state index in [1.807, 2.05) is 0 Å². The van der Waals surface area contributed by atoms with Gasteiger partial charge in [0.05, 0.1) is 23.7 Å². The van der Waals surface area contributed by atoms with Crippen molar-refractivity contribution in [1.82, 2.24) is 9.62 Å². The summed E-state index contributed by atoms with van der Waals surface area (Å²) in [5.41, 5.74) is 1.38. The molecule has 2 aromatic rings. The molecule has 1 fully saturated rings. The predicted molar refractivity (Wildman–Crippen MR) is 119 cm³/mol. The molecule has 0 radical (unpaired) electrons. The Balaban J connectivity index is 1.57. The summed E-state index contributed by atoms with van der Waals surface area (Å²) in [5.74, 6) is -1.27. The number of amides is 1. The lowest BCUT2D eigenvalue weighted by Gasteiger charge is -2.26. The van der Waals surface area contributed by atoms with E-state index >= 15 is 0 Å². The Hall–Kier alpha value is -3.08. The van der Waals surface area contributed by atoms with Gasteiger partial charge in [0.15, 0.2) is 12.4 Å². The first-order chi connectivity index (χ1) is 15.8. The predicted octanol–water partition coefficient (Wildman–Crippen LogP) is 1.43. The Morgan fingerprint density at radius 2 is 1.73 bits per heavy atom. The number of sulfonamides is 1. The molecule has 1 amide bonds. The lowest BCUT2D eigenvalue weighted by Crippen LogP contribution is -2.40. The largest absolute Gasteiger partial charge is 0.454 e. The summed E-state index contributed by atoms with van der Waals surface area (Å²) >= 11 is 0. The van der Waals surface area contributed by atoms with E-state index in [0.717, 1.165) is 5.56 Å². The van der Waals surface area contributed by atoms with E-state index in [-0.39, 0.29) is 35.2 Å². The molecule has 3 rings (SSSR count). The fourth-order valence-electron chi connectivity index (χ4n) is 3.26. The first-order valence-corrected chi connectivity index (χ1v) is 11.9. The van der Waals surface area contributed by atoms with Crippen LogP contribution in [0, 0.1) is 0 Å². The lowest BCUT2D eigenvalue weighted by atomic mass is 10.1. The molecule has 0 atom stereocenters. The highest BCUT2D eigenvalue weighted by Crippen LogP contribution is 2.19. The van der Waals surface area contributed by atoms with E-state index in [9.17, 15) is 22.8 Å². The van der Waals surface area contributed by atoms with E-state index in [4.69, 9.17) is 9.47 Å². The number of hydrogen-bond donors (Lipinski definition) is 1. The van der Waals surface area contributed by atoms with Crippen molar-refractivity contribution < 1.29 is 32.3 Å². The molecule has 0 spiro atoms. The normalized spacial score (nSPS) is 14.5. The minimum absolute atomic E-state index is 0.0139. The van der Waals surface area contributed by atoms with Crippen molar-refractivity contribution in [1.29, 1.82) is 0 Å². The Bertz CT molecular complexity index is 1110. The SMILES string of the molecule is CC(=O)NCCc1ccc(C(=O)COC(=O)c2cccc(S(=O)(=O)N3CCOCC3)c2)cc1. The molecule has 1 N–H and O–H groups in total. The van der Waals surface area contributed by atoms with Crippen LogP contribution in [-0.2, 0) is 30.7 Å². The standard InChI is InChI=1S/C23H26N2O7S/c1-17(26)24-10-9-18-5-7-19(8-6-18)22(27)16-32-23(28)20-3-2-4-21(15-20)33(29,30)25-11-13-31-14-12-25/h2-8,15H,9-14,16H2,1H3,(H,24,26). The van der Waals surface area contributed by atoms with Crippen molar-refractivity contribution in [3.05, 3.63) is 65.2 Å². The first kappa shape index (κ1) is 24.6. The number of ether oxygens (including phenoxy) is 2. The quantitative estimate of drug-likeness (QED) is 0.431. The third-order valence-corrected chi connectivity index (χ3v) is 6.97. The van der Waals surface area contributed by atoms with Gasteiger partial charge in [0.2, 0.25) is 15.9 Å². The maximum Gasteiger partial charge on any atom is 0.338 e. The summed E-state index contributed by atoms with van der Waals surface area (Å²) in [5, 5.41) is 2.70. The molecule has 2 aromatic carbocycles. The summed E-state index contributed by atoms with van der Waals surface area (Å²) < 4.78 is 37.2. The van der Waals surface area contributed by atoms with Gasteiger partial charge in [-0.2, -0.15) is 4.31 Å². The number of nitrogens with one attached hydrogen (secondary N) is 1. The van der Waals surface area contributed by atoms with E-state index in [2.05, 4.69) is 5.32 Å². The van der Waals surface area contributed by atoms with E-state index in [0.29, 0.717) is 31.7 Å². The van der Waals surface area contributed by atoms with Crippen molar-refractivity contribution in [2.45, 2.75) is 18.2 Å². The van der Waals surface area contributed by atoms with Crippen LogP contribution in [0.3, 0.4) is 0 Å². The molecule has 9 nitrogen and oxygen atoms in total. The maximum atomic E-state index is 12.8. The number of ketones is 1. The van der Waals surface area contributed by atoms with Gasteiger partial charge >= 0.3 is 5.97 Å². The van der Waals surface area contributed by atoms with Crippen LogP contribution < -0.4 is 5.32 Å². The lowest BCUT2D eigenvalue weighted by molar-refractivity contribution is -0.118. The van der Waals surface area contributed by atoms with Crippen LogP contribution in [-0.4, -0.2) is 69.8 Å². The summed E-state index contributed by atoms with van der Waals surface area (Å²) in [6.07, 6.45) is 0.632. The van der Waals surface area contributed by atoms with Crippen molar-refractivity contribution in [2.75, 3.05) is 39.5 Å². The van der Waals surface area contributed by atoms with Crippen molar-refractivity contribution in [2.24, 2.45) is 0 Å². The average Bonchev–Trinajstić information content (AvgIpc) is 2.83. The van der Waals surface area contributed by atoms with E-state index < -0.39 is 22.6 Å². The molecule has 1 heterocycles. The second kappa shape index (κ2) is 11.2. The average molecular weight is 475 g/mol. The van der Waals surface area contributed by atoms with Gasteiger partial charge in [0.1, 0.15) is 0 Å². The van der Waals surface area contributed by atoms with Crippen molar-refractivity contribution >= 4 is 27.7 Å². The van der Waals surface area contributed by atoms with Gasteiger partial charge in [-0.3, -0.25) is 9.59 Å². The van der Waals surface area contributed by atoms with Gasteiger partial charge in [-0.05, 0) is 30.2 Å². The minimum atomic E-state index is -3.75. The van der Waals surface area contributed by atoms with Crippen LogP contribution in [0.1, 0.15) is 33.2 Å². The number of carbonyl (C=O) groups is 3. The third kappa shape index (κ3) is 6.70. The van der Waals surface area contributed by atoms with Gasteiger partial charge in [-0.1, -0.05) is 30.3 Å². The molecule has 33 heavy (non-hydrogen) atoms. The monoisotopic (exact) mass is 474 g/mol. The van der Waals surface area contributed by atoms with Crippen LogP contribution in [0.4, 0.5) is 0 Å². The van der Waals surface area contributed by atoms with Crippen LogP contribution in [0.5, 0.6) is 0 Å². The zero-order valence-corrected chi connectivity index (χ0v) is 19.1. The minimum Gasteiger partial charge on any atom is -0.454 e. The van der Waals surface area contributed by atoms with Crippen LogP contribution in [0.2, 0.25) is 0 Å². The Morgan fingerprint density at radius 3 is 2.39 bits per heavy atom. The number of nitrogens with zero attached hydrogens (tertiary/aromatic N) is 1. The molecule has 0 bridgehead atoms. The molecular weight excluding hydrogens is 448 g/mol. The zero-order valence-electron chi connectivity index (χ0n) is 18.3. The highest BCUT2D eigenvalue weighted by atomic mass is 32.2. The number of morpholine rings is 1. The zero-order chi connectivity index (χ0) is 23.8. The van der Waals surface area contributed by atoms with Crippen molar-refractivity contribution in [3.63, 3.8) is 0 Å². The van der Waals surface area contributed by atoms with Gasteiger partial charge in [0.25, 0.3) is 0 Å². The number of hydrogen-bond acceptors (Lipinski definition) is 7. The van der Waals surface area contributed by atoms with Crippen LogP contribution in [0.25, 0.3) is 0 Å². The summed E-state index contributed by atoms with van der Waals surface area (Å²) in [4.78, 5) is 35.7. The molecule has 10 heteroatoms. The van der Waals surface area contributed by atoms with Crippen LogP contribution >= 0.6 is 0 Å². The molecule has 1 aliphatic heterocycles. The van der Waals surface area contributed by atoms with E-state index in [1.165, 1.54) is 35.5 Å². The Morgan fingerprint density at radius 1 is 1.03 bits per heavy atom. The fraction of sp³-hybridized carbons (Fsp3) is 0.348. The first-order valence-electron chi connectivity index (χ1n) is 10.5. The Kier molecular flexibility index (Phi) is 8.32. The Labute approximate surface area is 192 Å². The maximum absolute atomic E-state index is 12.8. The smallest absolute Gasteiger partial charge is 0.338 e. The number of Topliss-reactive ketones (excluding diaryl/α,β-unsaturated/α-hetero) is 1. The molecule has 0 aliphatic carbocycles. The molecule has 1 saturated heterocycles. The van der Waals surface area contributed by atoms with Gasteiger partial charge < -0.3 is 14.8 Å². The highest BCUT2D eigenvalue weighted by Gasteiger charge is 2.27. The number of carbonyl (C=O) groups excluding carboxylic acids is 3. The number of rotatable bonds is 9. The topological polar surface area (TPSA) is 119 Å². The van der Waals surface area contributed by atoms with Crippen molar-refractivity contribution in [3.8, 4) is 0 Å². The summed E-state index contributed by atoms with van der Waals surface area (Å²) in [6.45, 7) is 2.61. The molecule has 1 aliphatic rings. The third-order valence-electron chi connectivity index (χ3n) is 5.08. The number of esters is 1. The van der Waals surface area contributed by atoms with Gasteiger partial charge in [-0.15, -0.1) is 0 Å². The number of benzene rings is 2. The second-order valence-electron chi connectivity index (χ2n) is 7.47. The van der Waals surface area contributed by atoms with Crippen LogP contribution in [0.15, 0.2) is 53.4 Å². The molecule has 0 unspecified atom stereocenters. The highest BCUT2D eigenvalue weighted by molar-refractivity contribution is 7.89.